The number of carbonyl (C=O) groups is 2. The van der Waals surface area contributed by atoms with E-state index in [1.807, 2.05) is 42.2 Å². The summed E-state index contributed by atoms with van der Waals surface area (Å²) in [6, 6.07) is 14.2. The van der Waals surface area contributed by atoms with E-state index in [1.54, 1.807) is 0 Å². The molecule has 1 fully saturated rings. The Balaban J connectivity index is 1.39. The van der Waals surface area contributed by atoms with Gasteiger partial charge >= 0.3 is 0 Å². The zero-order valence-electron chi connectivity index (χ0n) is 16.5. The van der Waals surface area contributed by atoms with E-state index >= 15 is 0 Å². The maximum atomic E-state index is 12.7. The Kier molecular flexibility index (Phi) is 5.47. The molecular formula is C24H28N2O2. The molecule has 4 nitrogen and oxygen atoms in total. The molecule has 0 atom stereocenters. The standard InChI is InChI=1S/C24H28N2O2/c1-17-6-2-3-7-20(17)15-23(27)25-16-18-11-12-22-21(14-18)10-5-13-26(22)24(28)19-8-4-9-19/h2-3,6-7,11-12,14,19H,4-5,8-10,13,15-16H2,1H3,(H,25,27). The maximum Gasteiger partial charge on any atom is 0.230 e. The van der Waals surface area contributed by atoms with Crippen LogP contribution in [0, 0.1) is 12.8 Å². The second-order valence-electron chi connectivity index (χ2n) is 8.06. The molecule has 0 spiro atoms. The lowest BCUT2D eigenvalue weighted by Gasteiger charge is -2.35. The highest BCUT2D eigenvalue weighted by molar-refractivity contribution is 5.96. The van der Waals surface area contributed by atoms with Crippen molar-refractivity contribution in [2.24, 2.45) is 5.92 Å². The van der Waals surface area contributed by atoms with Gasteiger partial charge in [-0.25, -0.2) is 0 Å². The molecule has 1 aliphatic carbocycles. The van der Waals surface area contributed by atoms with E-state index in [2.05, 4.69) is 17.4 Å². The summed E-state index contributed by atoms with van der Waals surface area (Å²) < 4.78 is 0. The minimum atomic E-state index is 0.0359. The third kappa shape index (κ3) is 3.96. The second-order valence-corrected chi connectivity index (χ2v) is 8.06. The van der Waals surface area contributed by atoms with Gasteiger partial charge in [-0.15, -0.1) is 0 Å². The number of nitrogens with zero attached hydrogens (tertiary/aromatic N) is 1. The monoisotopic (exact) mass is 376 g/mol. The van der Waals surface area contributed by atoms with Crippen LogP contribution in [0.5, 0.6) is 0 Å². The number of benzene rings is 2. The lowest BCUT2D eigenvalue weighted by Crippen LogP contribution is -2.41. The third-order valence-electron chi connectivity index (χ3n) is 6.08. The molecule has 0 unspecified atom stereocenters. The highest BCUT2D eigenvalue weighted by Gasteiger charge is 2.32. The van der Waals surface area contributed by atoms with Crippen molar-refractivity contribution in [1.82, 2.24) is 5.32 Å². The van der Waals surface area contributed by atoms with E-state index in [0.29, 0.717) is 18.9 Å². The molecule has 0 radical (unpaired) electrons. The second kappa shape index (κ2) is 8.17. The molecular weight excluding hydrogens is 348 g/mol. The van der Waals surface area contributed by atoms with Crippen LogP contribution in [0.3, 0.4) is 0 Å². The molecule has 0 aromatic heterocycles. The zero-order chi connectivity index (χ0) is 19.5. The Bertz CT molecular complexity index is 886. The number of anilines is 1. The van der Waals surface area contributed by atoms with Gasteiger partial charge in [-0.2, -0.15) is 0 Å². The lowest BCUT2D eigenvalue weighted by atomic mass is 9.83. The van der Waals surface area contributed by atoms with Gasteiger partial charge in [0, 0.05) is 24.7 Å². The van der Waals surface area contributed by atoms with Crippen LogP contribution in [0.4, 0.5) is 5.69 Å². The summed E-state index contributed by atoms with van der Waals surface area (Å²) in [6.45, 7) is 3.38. The van der Waals surface area contributed by atoms with Gasteiger partial charge in [-0.1, -0.05) is 42.8 Å². The lowest BCUT2D eigenvalue weighted by molar-refractivity contribution is -0.124. The molecule has 1 heterocycles. The highest BCUT2D eigenvalue weighted by atomic mass is 16.2. The van der Waals surface area contributed by atoms with Crippen molar-refractivity contribution < 1.29 is 9.59 Å². The van der Waals surface area contributed by atoms with Crippen LogP contribution in [0.15, 0.2) is 42.5 Å². The first-order chi connectivity index (χ1) is 13.6. The minimum absolute atomic E-state index is 0.0359. The molecule has 1 saturated carbocycles. The number of hydrogen-bond donors (Lipinski definition) is 1. The summed E-state index contributed by atoms with van der Waals surface area (Å²) in [5.41, 5.74) is 5.59. The van der Waals surface area contributed by atoms with Crippen molar-refractivity contribution in [1.29, 1.82) is 0 Å². The normalized spacial score (nSPS) is 16.2. The van der Waals surface area contributed by atoms with Gasteiger partial charge in [0.15, 0.2) is 0 Å². The smallest absolute Gasteiger partial charge is 0.230 e. The Morgan fingerprint density at radius 2 is 1.93 bits per heavy atom. The van der Waals surface area contributed by atoms with Crippen LogP contribution in [0.2, 0.25) is 0 Å². The van der Waals surface area contributed by atoms with Crippen molar-refractivity contribution in [3.05, 3.63) is 64.7 Å². The first-order valence-corrected chi connectivity index (χ1v) is 10.4. The van der Waals surface area contributed by atoms with Crippen LogP contribution in [-0.4, -0.2) is 18.4 Å². The molecule has 2 aromatic carbocycles. The van der Waals surface area contributed by atoms with Crippen molar-refractivity contribution in [2.75, 3.05) is 11.4 Å². The number of hydrogen-bond acceptors (Lipinski definition) is 2. The number of nitrogens with one attached hydrogen (secondary N) is 1. The number of amides is 2. The van der Waals surface area contributed by atoms with Crippen molar-refractivity contribution in [2.45, 2.75) is 52.0 Å². The minimum Gasteiger partial charge on any atom is -0.352 e. The third-order valence-corrected chi connectivity index (χ3v) is 6.08. The Labute approximate surface area is 166 Å². The number of aryl methyl sites for hydroxylation is 2. The van der Waals surface area contributed by atoms with E-state index in [9.17, 15) is 9.59 Å². The molecule has 4 heteroatoms. The summed E-state index contributed by atoms with van der Waals surface area (Å²) >= 11 is 0. The fourth-order valence-electron chi connectivity index (χ4n) is 4.11. The summed E-state index contributed by atoms with van der Waals surface area (Å²) in [7, 11) is 0. The van der Waals surface area contributed by atoms with Crippen LogP contribution < -0.4 is 10.2 Å². The molecule has 146 valence electrons. The average Bonchev–Trinajstić information content (AvgIpc) is 2.66. The largest absolute Gasteiger partial charge is 0.352 e. The number of carbonyl (C=O) groups excluding carboxylic acids is 2. The quantitative estimate of drug-likeness (QED) is 0.859. The number of rotatable bonds is 5. The van der Waals surface area contributed by atoms with E-state index in [-0.39, 0.29) is 11.8 Å². The number of fused-ring (bicyclic) bond motifs is 1. The molecule has 2 aromatic rings. The molecule has 0 saturated heterocycles. The van der Waals surface area contributed by atoms with Crippen molar-refractivity contribution >= 4 is 17.5 Å². The Morgan fingerprint density at radius 1 is 1.11 bits per heavy atom. The predicted molar refractivity (Wildman–Crippen MR) is 111 cm³/mol. The van der Waals surface area contributed by atoms with Gasteiger partial charge in [-0.05, 0) is 60.9 Å². The van der Waals surface area contributed by atoms with E-state index in [0.717, 1.165) is 54.6 Å². The van der Waals surface area contributed by atoms with Gasteiger partial charge in [0.2, 0.25) is 11.8 Å². The van der Waals surface area contributed by atoms with Crippen LogP contribution in [0.1, 0.15) is 47.9 Å². The Hall–Kier alpha value is -2.62. The van der Waals surface area contributed by atoms with Gasteiger partial charge < -0.3 is 10.2 Å². The van der Waals surface area contributed by atoms with Crippen LogP contribution >= 0.6 is 0 Å². The summed E-state index contributed by atoms with van der Waals surface area (Å²) in [6.07, 6.45) is 5.66. The topological polar surface area (TPSA) is 49.4 Å². The molecule has 1 aliphatic heterocycles. The van der Waals surface area contributed by atoms with Crippen molar-refractivity contribution in [3.8, 4) is 0 Å². The summed E-state index contributed by atoms with van der Waals surface area (Å²) in [5.74, 6) is 0.562. The molecule has 1 N–H and O–H groups in total. The van der Waals surface area contributed by atoms with Crippen LogP contribution in [0.25, 0.3) is 0 Å². The van der Waals surface area contributed by atoms with Gasteiger partial charge in [0.05, 0.1) is 6.42 Å². The van der Waals surface area contributed by atoms with E-state index in [4.69, 9.17) is 0 Å². The first-order valence-electron chi connectivity index (χ1n) is 10.4. The molecule has 4 rings (SSSR count). The highest BCUT2D eigenvalue weighted by Crippen LogP contribution is 2.34. The van der Waals surface area contributed by atoms with Crippen LogP contribution in [-0.2, 0) is 29.0 Å². The molecule has 28 heavy (non-hydrogen) atoms. The maximum absolute atomic E-state index is 12.7. The summed E-state index contributed by atoms with van der Waals surface area (Å²) in [5, 5.41) is 3.03. The Morgan fingerprint density at radius 3 is 2.68 bits per heavy atom. The van der Waals surface area contributed by atoms with Gasteiger partial charge in [0.1, 0.15) is 0 Å². The molecule has 2 amide bonds. The van der Waals surface area contributed by atoms with Gasteiger partial charge in [-0.3, -0.25) is 9.59 Å². The van der Waals surface area contributed by atoms with E-state index < -0.39 is 0 Å². The SMILES string of the molecule is Cc1ccccc1CC(=O)NCc1ccc2c(c1)CCCN2C(=O)C1CCC1. The van der Waals surface area contributed by atoms with Crippen molar-refractivity contribution in [3.63, 3.8) is 0 Å². The van der Waals surface area contributed by atoms with Gasteiger partial charge in [0.25, 0.3) is 0 Å². The molecule has 2 aliphatic rings. The fraction of sp³-hybridized carbons (Fsp3) is 0.417. The molecule has 0 bridgehead atoms. The predicted octanol–water partition coefficient (Wildman–Crippen LogP) is 3.93. The average molecular weight is 377 g/mol. The fourth-order valence-corrected chi connectivity index (χ4v) is 4.11. The zero-order valence-corrected chi connectivity index (χ0v) is 16.5. The van der Waals surface area contributed by atoms with E-state index in [1.165, 1.54) is 12.0 Å². The summed E-state index contributed by atoms with van der Waals surface area (Å²) in [4.78, 5) is 27.0. The first kappa shape index (κ1) is 18.7.